The van der Waals surface area contributed by atoms with Gasteiger partial charge < -0.3 is 33.2 Å². The maximum Gasteiger partial charge on any atom is 0.178 e. The lowest BCUT2D eigenvalue weighted by atomic mass is 9.58. The van der Waals surface area contributed by atoms with Gasteiger partial charge in [0.05, 0.1) is 25.2 Å². The van der Waals surface area contributed by atoms with E-state index < -0.39 is 16.1 Å². The molecule has 0 amide bonds. The van der Waals surface area contributed by atoms with Gasteiger partial charge in [0.25, 0.3) is 0 Å². The predicted molar refractivity (Wildman–Crippen MR) is 404 cm³/mol. The van der Waals surface area contributed by atoms with Gasteiger partial charge >= 0.3 is 0 Å². The van der Waals surface area contributed by atoms with Crippen molar-refractivity contribution in [3.05, 3.63) is 242 Å². The lowest BCUT2D eigenvalue weighted by Gasteiger charge is -2.47. The Bertz CT molecular complexity index is 4870. The summed E-state index contributed by atoms with van der Waals surface area (Å²) in [6.07, 6.45) is 26.7. The van der Waals surface area contributed by atoms with Crippen molar-refractivity contribution in [1.82, 2.24) is 0 Å². The van der Waals surface area contributed by atoms with E-state index in [4.69, 9.17) is 33.2 Å². The van der Waals surface area contributed by atoms with E-state index in [1.807, 2.05) is 23.9 Å². The number of thioether (sulfide) groups is 2. The fraction of sp³-hybridized carbons (Fsp3) is 0.356. The Labute approximate surface area is 592 Å². The van der Waals surface area contributed by atoms with Gasteiger partial charge in [-0.25, -0.2) is 0 Å². The van der Waals surface area contributed by atoms with Gasteiger partial charge in [0, 0.05) is 66.5 Å². The minimum atomic E-state index is -1.02. The van der Waals surface area contributed by atoms with Gasteiger partial charge in [0.1, 0.15) is 45.2 Å². The van der Waals surface area contributed by atoms with E-state index in [1.165, 1.54) is 128 Å². The zero-order chi connectivity index (χ0) is 67.6. The molecule has 4 aliphatic heterocycles. The van der Waals surface area contributed by atoms with Gasteiger partial charge in [0.2, 0.25) is 0 Å². The molecule has 5 aliphatic carbocycles. The normalized spacial score (nSPS) is 23.2. The number of methoxy groups -OCH3 is 2. The predicted octanol–water partition coefficient (Wildman–Crippen LogP) is 23.6. The highest BCUT2D eigenvalue weighted by atomic mass is 32.2. The Hall–Kier alpha value is -8.08. The van der Waals surface area contributed by atoms with Crippen LogP contribution in [0.1, 0.15) is 199 Å². The summed E-state index contributed by atoms with van der Waals surface area (Å²) in [4.78, 5) is 1.65. The van der Waals surface area contributed by atoms with Gasteiger partial charge in [-0.05, 0) is 224 Å². The average molecular weight is 1350 g/mol. The second kappa shape index (κ2) is 22.7. The molecular weight excluding hydrogens is 1260 g/mol. The second-order valence-corrected chi connectivity index (χ2v) is 34.1. The van der Waals surface area contributed by atoms with E-state index in [9.17, 15) is 0 Å². The van der Waals surface area contributed by atoms with E-state index in [0.29, 0.717) is 22.3 Å². The van der Waals surface area contributed by atoms with Crippen molar-refractivity contribution in [2.45, 2.75) is 182 Å². The number of hydrogen-bond acceptors (Lipinski definition) is 9. The molecule has 3 atom stereocenters. The van der Waals surface area contributed by atoms with Crippen LogP contribution >= 0.6 is 23.5 Å². The van der Waals surface area contributed by atoms with Crippen molar-refractivity contribution >= 4 is 52.5 Å². The maximum atomic E-state index is 8.05. The van der Waals surface area contributed by atoms with Crippen molar-refractivity contribution in [1.29, 1.82) is 0 Å². The Morgan fingerprint density at radius 2 is 0.909 bits per heavy atom. The molecule has 9 aromatic rings. The average Bonchev–Trinajstić information content (AvgIpc) is 1.56. The van der Waals surface area contributed by atoms with E-state index in [2.05, 4.69) is 231 Å². The molecule has 0 bridgehead atoms. The summed E-state index contributed by atoms with van der Waals surface area (Å²) in [6.45, 7) is 18.4. The largest absolute Gasteiger partial charge is 0.497 e. The lowest BCUT2D eigenvalue weighted by Crippen LogP contribution is -2.38. The number of rotatable bonds is 12. The maximum absolute atomic E-state index is 8.05. The van der Waals surface area contributed by atoms with Crippen molar-refractivity contribution < 1.29 is 33.2 Å². The van der Waals surface area contributed by atoms with Crippen LogP contribution in [0.5, 0.6) is 40.2 Å². The first-order chi connectivity index (χ1) is 48.0. The quantitative estimate of drug-likeness (QED) is 0.119. The summed E-state index contributed by atoms with van der Waals surface area (Å²) in [5, 5.41) is 2.28. The first-order valence-electron chi connectivity index (χ1n) is 36.5. The third-order valence-electron chi connectivity index (χ3n) is 25.5. The molecule has 9 aliphatic rings. The molecule has 18 rings (SSSR count). The Morgan fingerprint density at radius 1 is 0.455 bits per heavy atom. The number of benzene rings is 9. The number of ether oxygens (including phenoxy) is 7. The van der Waals surface area contributed by atoms with Crippen molar-refractivity contribution in [2.24, 2.45) is 10.8 Å². The minimum absolute atomic E-state index is 0.0110. The molecule has 9 aromatic carbocycles. The van der Waals surface area contributed by atoms with Crippen LogP contribution < -0.4 is 28.4 Å². The monoisotopic (exact) mass is 1340 g/mol. The molecule has 4 heterocycles. The van der Waals surface area contributed by atoms with Crippen molar-refractivity contribution in [3.63, 3.8) is 0 Å². The van der Waals surface area contributed by atoms with E-state index in [-0.39, 0.29) is 21.9 Å². The molecule has 502 valence electrons. The van der Waals surface area contributed by atoms with E-state index >= 15 is 0 Å². The van der Waals surface area contributed by atoms with Crippen LogP contribution in [-0.2, 0) is 33.2 Å². The summed E-state index contributed by atoms with van der Waals surface area (Å²) in [6, 6.07) is 57.3. The Kier molecular flexibility index (Phi) is 14.5. The molecule has 2 saturated carbocycles. The van der Waals surface area contributed by atoms with Gasteiger partial charge in [-0.2, -0.15) is 0 Å². The highest BCUT2D eigenvalue weighted by Crippen LogP contribution is 2.68. The molecule has 0 aromatic heterocycles. The molecule has 3 fully saturated rings. The second-order valence-electron chi connectivity index (χ2n) is 30.8. The van der Waals surface area contributed by atoms with Gasteiger partial charge in [0.15, 0.2) is 16.1 Å². The summed E-state index contributed by atoms with van der Waals surface area (Å²) in [5.41, 5.74) is 18.5. The van der Waals surface area contributed by atoms with E-state index in [0.717, 1.165) is 93.4 Å². The van der Waals surface area contributed by atoms with Crippen LogP contribution in [0.15, 0.2) is 180 Å². The summed E-state index contributed by atoms with van der Waals surface area (Å²) >= 11 is 3.62. The minimum Gasteiger partial charge on any atom is -0.497 e. The Balaban J connectivity index is 0.727. The fourth-order valence-electron chi connectivity index (χ4n) is 19.8. The SMILES string of the molecule is CCC1(CC)CCC2(CC1)c1ccccc1-c1c3c(c4c(c12)C=CC(c1ccc(OC)cc1)(c1ccc(Oc2ccc(C5(c6ccc(OC)cc6)C=Cc6c7c(c8cc9c(cc8c6O5)SC(C)(C)O9)-c5ccccc5C75CCC(CC)(CC)CC5)cc2)cc1)O4)C=C1SC(C)(C)OC1C3. The van der Waals surface area contributed by atoms with Crippen molar-refractivity contribution in [2.75, 3.05) is 14.2 Å². The fourth-order valence-corrected chi connectivity index (χ4v) is 22.0. The third-order valence-corrected chi connectivity index (χ3v) is 27.9. The number of fused-ring (bicyclic) bond motifs is 22. The summed E-state index contributed by atoms with van der Waals surface area (Å²) in [5.74, 6) is 5.81. The van der Waals surface area contributed by atoms with Crippen LogP contribution in [-0.4, -0.2) is 30.2 Å². The highest BCUT2D eigenvalue weighted by Gasteiger charge is 2.56. The standard InChI is InChI=1S/C90H88O7S2/c1-11-85(12-2)43-47-87(48-44-85)71-21-17-15-19-63(71)77-67-51-73-75(98-83(5,6)94-73)53-69(67)81-65(79(77)87)39-41-89(96-81,55-23-31-59(91-9)32-24-55)57-27-35-61(36-28-57)93-62-37-29-58(30-38-62)90(56-25-33-60(92-10)34-26-56)42-40-66-80-78(68-52-74-76(99-84(7,8)95-74)54-70(68)82(66)97-90)64-20-16-18-22-72(64)88(80)49-45-86(13-3,14-4)46-50-88/h15-42,51,53-54,74H,11-14,43-50,52H2,1-10H3. The molecule has 0 N–H and O–H groups in total. The van der Waals surface area contributed by atoms with Gasteiger partial charge in [-0.15, -0.1) is 0 Å². The van der Waals surface area contributed by atoms with Crippen LogP contribution in [0.25, 0.3) is 51.3 Å². The first kappa shape index (κ1) is 63.1. The van der Waals surface area contributed by atoms with Crippen LogP contribution in [0.4, 0.5) is 0 Å². The molecule has 1 saturated heterocycles. The molecule has 2 spiro atoms. The summed E-state index contributed by atoms with van der Waals surface area (Å²) < 4.78 is 48.3. The molecule has 99 heavy (non-hydrogen) atoms. The van der Waals surface area contributed by atoms with Crippen molar-refractivity contribution in [3.8, 4) is 62.5 Å². The Morgan fingerprint density at radius 3 is 1.40 bits per heavy atom. The molecule has 0 radical (unpaired) electrons. The van der Waals surface area contributed by atoms with Gasteiger partial charge in [-0.3, -0.25) is 0 Å². The molecule has 9 heteroatoms. The highest BCUT2D eigenvalue weighted by molar-refractivity contribution is 8.04. The van der Waals surface area contributed by atoms with Crippen LogP contribution in [0, 0.1) is 10.8 Å². The van der Waals surface area contributed by atoms with E-state index in [1.54, 1.807) is 26.0 Å². The zero-order valence-corrected chi connectivity index (χ0v) is 60.5. The van der Waals surface area contributed by atoms with Crippen LogP contribution in [0.2, 0.25) is 0 Å². The third kappa shape index (κ3) is 9.40. The topological polar surface area (TPSA) is 64.6 Å². The van der Waals surface area contributed by atoms with Crippen LogP contribution in [0.3, 0.4) is 0 Å². The van der Waals surface area contributed by atoms with Gasteiger partial charge in [-0.1, -0.05) is 186 Å². The first-order valence-corrected chi connectivity index (χ1v) is 38.1. The molecule has 3 unspecified atom stereocenters. The molecule has 7 nitrogen and oxygen atoms in total. The number of hydrogen-bond donors (Lipinski definition) is 0. The zero-order valence-electron chi connectivity index (χ0n) is 58.8. The smallest absolute Gasteiger partial charge is 0.178 e. The molecular formula is C90H88O7S2. The lowest BCUT2D eigenvalue weighted by molar-refractivity contribution is 0.0239. The summed E-state index contributed by atoms with van der Waals surface area (Å²) in [7, 11) is 3.45.